The largest absolute Gasteiger partial charge is 0.467 e. The van der Waals surface area contributed by atoms with E-state index < -0.39 is 18.1 Å². The number of hydrogen-bond acceptors (Lipinski definition) is 5. The molecule has 17 heavy (non-hydrogen) atoms. The lowest BCUT2D eigenvalue weighted by Crippen LogP contribution is -2.45. The van der Waals surface area contributed by atoms with E-state index in [1.807, 2.05) is 0 Å². The second kappa shape index (κ2) is 6.07. The predicted octanol–water partition coefficient (Wildman–Crippen LogP) is -0.494. The number of esters is 1. The summed E-state index contributed by atoms with van der Waals surface area (Å²) in [6, 6.07) is -0.535. The number of nitrogens with zero attached hydrogens (tertiary/aromatic N) is 1. The highest BCUT2D eigenvalue weighted by atomic mass is 16.5. The number of alkyl carbamates (subject to hydrolysis) is 1. The highest BCUT2D eigenvalue weighted by molar-refractivity contribution is 5.87. The Morgan fingerprint density at radius 1 is 1.29 bits per heavy atom. The molecular weight excluding hydrogens is 228 g/mol. The summed E-state index contributed by atoms with van der Waals surface area (Å²) in [6.45, 7) is 0.321. The van der Waals surface area contributed by atoms with Gasteiger partial charge >= 0.3 is 12.1 Å². The van der Waals surface area contributed by atoms with E-state index >= 15 is 0 Å². The molecule has 0 spiro atoms. The van der Waals surface area contributed by atoms with Gasteiger partial charge in [-0.3, -0.25) is 4.79 Å². The van der Waals surface area contributed by atoms with Crippen molar-refractivity contribution in [2.24, 2.45) is 0 Å². The van der Waals surface area contributed by atoms with Gasteiger partial charge in [0.25, 0.3) is 0 Å². The Kier molecular flexibility index (Phi) is 4.74. The zero-order chi connectivity index (χ0) is 12.8. The summed E-state index contributed by atoms with van der Waals surface area (Å²) < 4.78 is 8.96. The molecule has 1 N–H and O–H groups in total. The van der Waals surface area contributed by atoms with Crippen molar-refractivity contribution in [2.75, 3.05) is 27.3 Å². The van der Waals surface area contributed by atoms with Crippen LogP contribution in [0.5, 0.6) is 0 Å². The van der Waals surface area contributed by atoms with Crippen LogP contribution in [0.3, 0.4) is 0 Å². The highest BCUT2D eigenvalue weighted by Gasteiger charge is 2.34. The van der Waals surface area contributed by atoms with E-state index in [0.717, 1.165) is 6.42 Å². The number of amides is 2. The molecule has 1 atom stereocenters. The molecule has 0 aliphatic carbocycles. The zero-order valence-corrected chi connectivity index (χ0v) is 9.89. The standard InChI is InChI=1S/C10H16N2O5/c1-16-9(14)7-4-3-5-12(7)8(13)6-11-10(15)17-2/h7H,3-6H2,1-2H3,(H,11,15). The molecule has 1 heterocycles. The number of nitrogens with one attached hydrogen (secondary N) is 1. The molecule has 2 amide bonds. The van der Waals surface area contributed by atoms with E-state index in [9.17, 15) is 14.4 Å². The molecule has 0 bridgehead atoms. The summed E-state index contributed by atoms with van der Waals surface area (Å²) in [6.07, 6.45) is 0.674. The minimum atomic E-state index is -0.674. The number of hydrogen-bond donors (Lipinski definition) is 1. The maximum Gasteiger partial charge on any atom is 0.407 e. The molecule has 1 rings (SSSR count). The summed E-state index contributed by atoms with van der Waals surface area (Å²) in [5.74, 6) is -0.739. The van der Waals surface area contributed by atoms with Gasteiger partial charge in [-0.1, -0.05) is 0 Å². The number of methoxy groups -OCH3 is 2. The van der Waals surface area contributed by atoms with Crippen LogP contribution in [0.1, 0.15) is 12.8 Å². The van der Waals surface area contributed by atoms with Crippen molar-refractivity contribution >= 4 is 18.0 Å². The average molecular weight is 244 g/mol. The van der Waals surface area contributed by atoms with Crippen molar-refractivity contribution in [2.45, 2.75) is 18.9 Å². The van der Waals surface area contributed by atoms with Crippen LogP contribution in [0.15, 0.2) is 0 Å². The molecule has 1 aliphatic heterocycles. The second-order valence-electron chi connectivity index (χ2n) is 3.61. The van der Waals surface area contributed by atoms with Crippen LogP contribution in [0.4, 0.5) is 4.79 Å². The van der Waals surface area contributed by atoms with Crippen molar-refractivity contribution in [3.8, 4) is 0 Å². The van der Waals surface area contributed by atoms with Gasteiger partial charge in [-0.15, -0.1) is 0 Å². The number of carbonyl (C=O) groups is 3. The maximum absolute atomic E-state index is 11.7. The van der Waals surface area contributed by atoms with Crippen molar-refractivity contribution < 1.29 is 23.9 Å². The molecule has 0 aromatic carbocycles. The smallest absolute Gasteiger partial charge is 0.407 e. The number of ether oxygens (including phenoxy) is 2. The van der Waals surface area contributed by atoms with Gasteiger partial charge in [-0.05, 0) is 12.8 Å². The Morgan fingerprint density at radius 2 is 2.00 bits per heavy atom. The fraction of sp³-hybridized carbons (Fsp3) is 0.700. The predicted molar refractivity (Wildman–Crippen MR) is 57.2 cm³/mol. The Labute approximate surface area is 99.0 Å². The van der Waals surface area contributed by atoms with Crippen molar-refractivity contribution in [3.05, 3.63) is 0 Å². The van der Waals surface area contributed by atoms with Gasteiger partial charge in [0.15, 0.2) is 0 Å². The number of carbonyl (C=O) groups excluding carboxylic acids is 3. The van der Waals surface area contributed by atoms with E-state index in [0.29, 0.717) is 13.0 Å². The first-order valence-corrected chi connectivity index (χ1v) is 5.29. The number of likely N-dealkylation sites (tertiary alicyclic amines) is 1. The van der Waals surface area contributed by atoms with Gasteiger partial charge < -0.3 is 19.7 Å². The molecule has 0 aromatic heterocycles. The van der Waals surface area contributed by atoms with Gasteiger partial charge in [-0.25, -0.2) is 9.59 Å². The van der Waals surface area contributed by atoms with Crippen molar-refractivity contribution in [1.82, 2.24) is 10.2 Å². The normalized spacial score (nSPS) is 18.7. The van der Waals surface area contributed by atoms with Crippen LogP contribution in [0, 0.1) is 0 Å². The summed E-state index contributed by atoms with van der Waals surface area (Å²) in [4.78, 5) is 35.4. The third kappa shape index (κ3) is 3.33. The Morgan fingerprint density at radius 3 is 2.59 bits per heavy atom. The first-order chi connectivity index (χ1) is 8.10. The van der Waals surface area contributed by atoms with Gasteiger partial charge in [0.2, 0.25) is 5.91 Å². The van der Waals surface area contributed by atoms with Crippen LogP contribution in [0.25, 0.3) is 0 Å². The van der Waals surface area contributed by atoms with Crippen LogP contribution >= 0.6 is 0 Å². The van der Waals surface area contributed by atoms with E-state index in [2.05, 4.69) is 14.8 Å². The van der Waals surface area contributed by atoms with Gasteiger partial charge in [0, 0.05) is 6.54 Å². The summed E-state index contributed by atoms with van der Waals surface area (Å²) in [5.41, 5.74) is 0. The first-order valence-electron chi connectivity index (χ1n) is 5.29. The van der Waals surface area contributed by atoms with Crippen LogP contribution in [-0.2, 0) is 19.1 Å². The van der Waals surface area contributed by atoms with E-state index in [-0.39, 0.29) is 12.5 Å². The van der Waals surface area contributed by atoms with Gasteiger partial charge in [-0.2, -0.15) is 0 Å². The Hall–Kier alpha value is -1.79. The molecule has 1 saturated heterocycles. The molecule has 1 aliphatic rings. The monoisotopic (exact) mass is 244 g/mol. The highest BCUT2D eigenvalue weighted by Crippen LogP contribution is 2.18. The quantitative estimate of drug-likeness (QED) is 0.677. The molecule has 7 heteroatoms. The fourth-order valence-corrected chi connectivity index (χ4v) is 1.77. The van der Waals surface area contributed by atoms with E-state index in [1.54, 1.807) is 0 Å². The molecule has 1 unspecified atom stereocenters. The third-order valence-corrected chi connectivity index (χ3v) is 2.62. The van der Waals surface area contributed by atoms with Crippen molar-refractivity contribution in [3.63, 3.8) is 0 Å². The molecule has 0 radical (unpaired) electrons. The summed E-state index contributed by atoms with van der Waals surface area (Å²) >= 11 is 0. The number of rotatable bonds is 3. The SMILES string of the molecule is COC(=O)NCC(=O)N1CCCC1C(=O)OC. The molecule has 7 nitrogen and oxygen atoms in total. The van der Waals surface area contributed by atoms with E-state index in [1.165, 1.54) is 19.1 Å². The van der Waals surface area contributed by atoms with Gasteiger partial charge in [0.1, 0.15) is 12.6 Å². The van der Waals surface area contributed by atoms with Crippen LogP contribution in [0.2, 0.25) is 0 Å². The fourth-order valence-electron chi connectivity index (χ4n) is 1.77. The molecule has 96 valence electrons. The first kappa shape index (κ1) is 13.3. The topological polar surface area (TPSA) is 84.9 Å². The molecule has 0 saturated carbocycles. The lowest BCUT2D eigenvalue weighted by atomic mass is 10.2. The molecular formula is C10H16N2O5. The maximum atomic E-state index is 11.7. The van der Waals surface area contributed by atoms with E-state index in [4.69, 9.17) is 0 Å². The lowest BCUT2D eigenvalue weighted by Gasteiger charge is -2.22. The molecule has 0 aromatic rings. The van der Waals surface area contributed by atoms with Crippen molar-refractivity contribution in [1.29, 1.82) is 0 Å². The second-order valence-corrected chi connectivity index (χ2v) is 3.61. The lowest BCUT2D eigenvalue weighted by molar-refractivity contribution is -0.150. The minimum Gasteiger partial charge on any atom is -0.467 e. The van der Waals surface area contributed by atoms with Crippen LogP contribution < -0.4 is 5.32 Å². The third-order valence-electron chi connectivity index (χ3n) is 2.62. The summed E-state index contributed by atoms with van der Waals surface area (Å²) in [5, 5.41) is 2.28. The molecule has 1 fully saturated rings. The van der Waals surface area contributed by atoms with Gasteiger partial charge in [0.05, 0.1) is 14.2 Å². The average Bonchev–Trinajstić information content (AvgIpc) is 2.83. The zero-order valence-electron chi connectivity index (χ0n) is 9.89. The Bertz CT molecular complexity index is 318. The minimum absolute atomic E-state index is 0.180. The Balaban J connectivity index is 2.50. The summed E-state index contributed by atoms with van der Waals surface area (Å²) in [7, 11) is 2.50. The van der Waals surface area contributed by atoms with Crippen LogP contribution in [-0.4, -0.2) is 56.2 Å².